The van der Waals surface area contributed by atoms with Gasteiger partial charge in [-0.2, -0.15) is 0 Å². The molecule has 0 aromatic carbocycles. The van der Waals surface area contributed by atoms with E-state index in [2.05, 4.69) is 17.9 Å². The van der Waals surface area contributed by atoms with Crippen LogP contribution < -0.4 is 5.73 Å². The number of likely N-dealkylation sites (N-methyl/N-ethyl adjacent to an activating group) is 1. The molecule has 1 aliphatic carbocycles. The van der Waals surface area contributed by atoms with Gasteiger partial charge in [-0.1, -0.05) is 6.08 Å². The second-order valence-corrected chi connectivity index (χ2v) is 6.40. The molecule has 1 saturated heterocycles. The number of carbonyl (C=O) groups is 1. The summed E-state index contributed by atoms with van der Waals surface area (Å²) in [6, 6.07) is 0. The summed E-state index contributed by atoms with van der Waals surface area (Å²) in [4.78, 5) is 17.0. The second-order valence-electron chi connectivity index (χ2n) is 6.40. The van der Waals surface area contributed by atoms with Crippen LogP contribution in [0, 0.1) is 5.92 Å². The fraction of sp³-hybridized carbons (Fsp3) is 0.824. The van der Waals surface area contributed by atoms with E-state index in [0.29, 0.717) is 12.5 Å². The van der Waals surface area contributed by atoms with Gasteiger partial charge in [0, 0.05) is 18.8 Å². The molecule has 0 radical (unpaired) electrons. The van der Waals surface area contributed by atoms with E-state index < -0.39 is 0 Å². The van der Waals surface area contributed by atoms with E-state index in [1.165, 1.54) is 31.4 Å². The average molecular weight is 293 g/mol. The predicted octanol–water partition coefficient (Wildman–Crippen LogP) is 2.35. The molecule has 4 nitrogen and oxygen atoms in total. The number of hydrogen-bond donors (Lipinski definition) is 1. The molecule has 1 fully saturated rings. The van der Waals surface area contributed by atoms with Gasteiger partial charge in [0.1, 0.15) is 0 Å². The lowest BCUT2D eigenvalue weighted by Crippen LogP contribution is -2.44. The summed E-state index contributed by atoms with van der Waals surface area (Å²) in [6.45, 7) is 6.32. The number of nitrogens with zero attached hydrogens (tertiary/aromatic N) is 2. The Labute approximate surface area is 129 Å². The molecule has 2 rings (SSSR count). The zero-order valence-electron chi connectivity index (χ0n) is 13.5. The fourth-order valence-corrected chi connectivity index (χ4v) is 3.65. The average Bonchev–Trinajstić information content (AvgIpc) is 2.50. The molecule has 120 valence electrons. The minimum Gasteiger partial charge on any atom is -0.330 e. The van der Waals surface area contributed by atoms with Crippen LogP contribution in [0.3, 0.4) is 0 Å². The Bertz CT molecular complexity index is 365. The minimum atomic E-state index is 0.277. The largest absolute Gasteiger partial charge is 0.330 e. The Morgan fingerprint density at radius 3 is 2.95 bits per heavy atom. The maximum absolute atomic E-state index is 12.6. The Morgan fingerprint density at radius 2 is 2.29 bits per heavy atom. The van der Waals surface area contributed by atoms with Gasteiger partial charge in [-0.15, -0.1) is 0 Å². The lowest BCUT2D eigenvalue weighted by atomic mass is 9.95. The summed E-state index contributed by atoms with van der Waals surface area (Å²) < 4.78 is 0. The minimum absolute atomic E-state index is 0.277. The smallest absolute Gasteiger partial charge is 0.240 e. The Hall–Kier alpha value is -0.870. The lowest BCUT2D eigenvalue weighted by Gasteiger charge is -2.34. The third kappa shape index (κ3) is 4.82. The maximum atomic E-state index is 12.6. The molecule has 0 bridgehead atoms. The molecule has 21 heavy (non-hydrogen) atoms. The molecular formula is C17H31N3O. The Kier molecular flexibility index (Phi) is 6.71. The van der Waals surface area contributed by atoms with Crippen molar-refractivity contribution in [3.63, 3.8) is 0 Å². The van der Waals surface area contributed by atoms with Crippen molar-refractivity contribution in [1.82, 2.24) is 9.80 Å². The van der Waals surface area contributed by atoms with Crippen molar-refractivity contribution in [2.75, 3.05) is 32.7 Å². The zero-order valence-corrected chi connectivity index (χ0v) is 13.5. The SMILES string of the molecule is CCN(C(=O)CN1CCCC(CCN)C1)C1=CCCCC1. The second kappa shape index (κ2) is 8.54. The van der Waals surface area contributed by atoms with Gasteiger partial charge < -0.3 is 10.6 Å². The van der Waals surface area contributed by atoms with Crippen molar-refractivity contribution in [2.24, 2.45) is 11.7 Å². The molecular weight excluding hydrogens is 262 g/mol. The number of allylic oxidation sites excluding steroid dienone is 2. The van der Waals surface area contributed by atoms with Gasteiger partial charge in [0.2, 0.25) is 5.91 Å². The Balaban J connectivity index is 1.88. The summed E-state index contributed by atoms with van der Waals surface area (Å²) in [6.07, 6.45) is 10.5. The quantitative estimate of drug-likeness (QED) is 0.818. The van der Waals surface area contributed by atoms with Crippen molar-refractivity contribution in [3.8, 4) is 0 Å². The predicted molar refractivity (Wildman–Crippen MR) is 86.8 cm³/mol. The molecule has 1 heterocycles. The first-order valence-electron chi connectivity index (χ1n) is 8.66. The van der Waals surface area contributed by atoms with Gasteiger partial charge in [0.15, 0.2) is 0 Å². The molecule has 2 aliphatic rings. The molecule has 1 amide bonds. The van der Waals surface area contributed by atoms with E-state index in [1.807, 2.05) is 4.90 Å². The van der Waals surface area contributed by atoms with Crippen molar-refractivity contribution < 1.29 is 4.79 Å². The van der Waals surface area contributed by atoms with Gasteiger partial charge in [-0.25, -0.2) is 0 Å². The molecule has 0 aromatic rings. The topological polar surface area (TPSA) is 49.6 Å². The Morgan fingerprint density at radius 1 is 1.43 bits per heavy atom. The van der Waals surface area contributed by atoms with Crippen molar-refractivity contribution >= 4 is 5.91 Å². The highest BCUT2D eigenvalue weighted by molar-refractivity contribution is 5.80. The van der Waals surface area contributed by atoms with Crippen molar-refractivity contribution in [2.45, 2.75) is 51.9 Å². The molecule has 4 heteroatoms. The van der Waals surface area contributed by atoms with E-state index >= 15 is 0 Å². The number of hydrogen-bond acceptors (Lipinski definition) is 3. The summed E-state index contributed by atoms with van der Waals surface area (Å²) >= 11 is 0. The molecule has 0 aromatic heterocycles. The highest BCUT2D eigenvalue weighted by Crippen LogP contribution is 2.22. The van der Waals surface area contributed by atoms with Crippen LogP contribution in [0.2, 0.25) is 0 Å². The van der Waals surface area contributed by atoms with Crippen LogP contribution in [0.15, 0.2) is 11.8 Å². The van der Waals surface area contributed by atoms with Crippen LogP contribution >= 0.6 is 0 Å². The molecule has 0 saturated carbocycles. The molecule has 1 atom stereocenters. The number of piperidine rings is 1. The summed E-state index contributed by atoms with van der Waals surface area (Å²) in [5, 5.41) is 0. The number of amides is 1. The van der Waals surface area contributed by atoms with Crippen LogP contribution in [-0.2, 0) is 4.79 Å². The van der Waals surface area contributed by atoms with Crippen molar-refractivity contribution in [3.05, 3.63) is 11.8 Å². The molecule has 0 spiro atoms. The van der Waals surface area contributed by atoms with E-state index in [1.54, 1.807) is 0 Å². The number of likely N-dealkylation sites (tertiary alicyclic amines) is 1. The van der Waals surface area contributed by atoms with Crippen LogP contribution in [0.5, 0.6) is 0 Å². The third-order valence-electron chi connectivity index (χ3n) is 4.77. The van der Waals surface area contributed by atoms with Crippen molar-refractivity contribution in [1.29, 1.82) is 0 Å². The van der Waals surface area contributed by atoms with E-state index in [9.17, 15) is 4.79 Å². The maximum Gasteiger partial charge on any atom is 0.240 e. The van der Waals surface area contributed by atoms with E-state index in [4.69, 9.17) is 5.73 Å². The highest BCUT2D eigenvalue weighted by Gasteiger charge is 2.24. The third-order valence-corrected chi connectivity index (χ3v) is 4.77. The van der Waals surface area contributed by atoms with Gasteiger partial charge in [-0.05, 0) is 70.9 Å². The first-order chi connectivity index (χ1) is 10.2. The fourth-order valence-electron chi connectivity index (χ4n) is 3.65. The van der Waals surface area contributed by atoms with Crippen LogP contribution in [0.4, 0.5) is 0 Å². The van der Waals surface area contributed by atoms with Crippen LogP contribution in [-0.4, -0.2) is 48.4 Å². The molecule has 2 N–H and O–H groups in total. The number of nitrogens with two attached hydrogens (primary N) is 1. The lowest BCUT2D eigenvalue weighted by molar-refractivity contribution is -0.131. The monoisotopic (exact) mass is 293 g/mol. The van der Waals surface area contributed by atoms with Gasteiger partial charge in [-0.3, -0.25) is 9.69 Å². The standard InChI is InChI=1S/C17H31N3O/c1-2-20(16-8-4-3-5-9-16)17(21)14-19-12-6-7-15(13-19)10-11-18/h8,15H,2-7,9-14,18H2,1H3. The molecule has 1 aliphatic heterocycles. The summed E-state index contributed by atoms with van der Waals surface area (Å²) in [5.74, 6) is 0.958. The van der Waals surface area contributed by atoms with Crippen LogP contribution in [0.25, 0.3) is 0 Å². The first-order valence-corrected chi connectivity index (χ1v) is 8.66. The molecule has 1 unspecified atom stereocenters. The number of carbonyl (C=O) groups excluding carboxylic acids is 1. The van der Waals surface area contributed by atoms with E-state index in [-0.39, 0.29) is 5.91 Å². The summed E-state index contributed by atoms with van der Waals surface area (Å²) in [5.41, 5.74) is 6.93. The summed E-state index contributed by atoms with van der Waals surface area (Å²) in [7, 11) is 0. The van der Waals surface area contributed by atoms with Gasteiger partial charge in [0.25, 0.3) is 0 Å². The normalized spacial score (nSPS) is 23.7. The zero-order chi connectivity index (χ0) is 15.1. The highest BCUT2D eigenvalue weighted by atomic mass is 16.2. The van der Waals surface area contributed by atoms with Gasteiger partial charge >= 0.3 is 0 Å². The van der Waals surface area contributed by atoms with Crippen LogP contribution in [0.1, 0.15) is 51.9 Å². The van der Waals surface area contributed by atoms with E-state index in [0.717, 1.165) is 45.4 Å². The van der Waals surface area contributed by atoms with Gasteiger partial charge in [0.05, 0.1) is 6.54 Å². The number of rotatable bonds is 6. The first kappa shape index (κ1) is 16.5.